The molecular formula is C21H34O3. The zero-order chi connectivity index (χ0) is 18.7. The van der Waals surface area contributed by atoms with Crippen LogP contribution in [-0.4, -0.2) is 18.2 Å². The van der Waals surface area contributed by atoms with E-state index in [1.54, 1.807) is 0 Å². The van der Waals surface area contributed by atoms with Crippen molar-refractivity contribution in [2.45, 2.75) is 84.5 Å². The van der Waals surface area contributed by atoms with Gasteiger partial charge in [-0.2, -0.15) is 0 Å². The molecule has 3 heteroatoms. The van der Waals surface area contributed by atoms with Crippen LogP contribution in [0.1, 0.15) is 90.3 Å². The Morgan fingerprint density at radius 3 is 2.12 bits per heavy atom. The van der Waals surface area contributed by atoms with Crippen LogP contribution >= 0.6 is 0 Å². The van der Waals surface area contributed by atoms with Crippen LogP contribution in [0.4, 0.5) is 0 Å². The summed E-state index contributed by atoms with van der Waals surface area (Å²) in [4.78, 5) is 11.4. The molecule has 0 saturated carbocycles. The fourth-order valence-electron chi connectivity index (χ4n) is 2.99. The Labute approximate surface area is 147 Å². The maximum absolute atomic E-state index is 11.4. The number of methoxy groups -OCH3 is 1. The second-order valence-corrected chi connectivity index (χ2v) is 8.68. The van der Waals surface area contributed by atoms with Gasteiger partial charge in [0.25, 0.3) is 0 Å². The number of phenolic OH excluding ortho intramolecular Hbond substituents is 1. The van der Waals surface area contributed by atoms with E-state index in [1.807, 2.05) is 0 Å². The number of ether oxygens (including phenoxy) is 1. The van der Waals surface area contributed by atoms with Crippen molar-refractivity contribution >= 4 is 5.97 Å². The highest BCUT2D eigenvalue weighted by atomic mass is 16.5. The van der Waals surface area contributed by atoms with E-state index in [0.29, 0.717) is 18.1 Å². The molecule has 1 aromatic carbocycles. The number of esters is 1. The largest absolute Gasteiger partial charge is 0.507 e. The summed E-state index contributed by atoms with van der Waals surface area (Å²) in [6, 6.07) is 4.27. The molecule has 0 spiro atoms. The van der Waals surface area contributed by atoms with Crippen LogP contribution in [0, 0.1) is 0 Å². The highest BCUT2D eigenvalue weighted by molar-refractivity contribution is 5.69. The summed E-state index contributed by atoms with van der Waals surface area (Å²) >= 11 is 0. The topological polar surface area (TPSA) is 46.5 Å². The molecule has 0 amide bonds. The lowest BCUT2D eigenvalue weighted by Gasteiger charge is -2.31. The van der Waals surface area contributed by atoms with Gasteiger partial charge < -0.3 is 9.84 Å². The van der Waals surface area contributed by atoms with E-state index in [2.05, 4.69) is 60.6 Å². The normalized spacial score (nSPS) is 12.5. The van der Waals surface area contributed by atoms with Crippen molar-refractivity contribution in [2.75, 3.05) is 7.11 Å². The molecule has 1 rings (SSSR count). The molecule has 0 aromatic heterocycles. The van der Waals surface area contributed by atoms with Crippen LogP contribution in [-0.2, 0) is 20.4 Å². The lowest BCUT2D eigenvalue weighted by atomic mass is 9.74. The molecule has 0 saturated heterocycles. The van der Waals surface area contributed by atoms with Crippen molar-refractivity contribution in [1.29, 1.82) is 0 Å². The Balaban J connectivity index is 3.25. The minimum Gasteiger partial charge on any atom is -0.507 e. The van der Waals surface area contributed by atoms with Crippen molar-refractivity contribution in [2.24, 2.45) is 0 Å². The molecule has 0 aliphatic carbocycles. The average Bonchev–Trinajstić information content (AvgIpc) is 2.45. The zero-order valence-corrected chi connectivity index (χ0v) is 16.6. The van der Waals surface area contributed by atoms with Gasteiger partial charge in [0.15, 0.2) is 0 Å². The zero-order valence-electron chi connectivity index (χ0n) is 16.6. The maximum atomic E-state index is 11.4. The molecule has 0 heterocycles. The van der Waals surface area contributed by atoms with E-state index in [0.717, 1.165) is 24.0 Å². The third-order valence-corrected chi connectivity index (χ3v) is 4.75. The van der Waals surface area contributed by atoms with Gasteiger partial charge in [0.1, 0.15) is 5.75 Å². The molecule has 136 valence electrons. The summed E-state index contributed by atoms with van der Waals surface area (Å²) in [6.45, 7) is 15.0. The number of phenols is 1. The first kappa shape index (κ1) is 20.5. The second kappa shape index (κ2) is 7.58. The smallest absolute Gasteiger partial charge is 0.305 e. The quantitative estimate of drug-likeness (QED) is 0.705. The van der Waals surface area contributed by atoms with E-state index in [-0.39, 0.29) is 16.8 Å². The summed E-state index contributed by atoms with van der Waals surface area (Å²) in [5, 5.41) is 10.9. The molecule has 0 aliphatic rings. The highest BCUT2D eigenvalue weighted by Gasteiger charge is 2.29. The molecule has 0 aliphatic heterocycles. The lowest BCUT2D eigenvalue weighted by Crippen LogP contribution is -2.21. The highest BCUT2D eigenvalue weighted by Crippen LogP contribution is 2.42. The Kier molecular flexibility index (Phi) is 6.49. The van der Waals surface area contributed by atoms with Crippen LogP contribution in [0.3, 0.4) is 0 Å². The number of carbonyl (C=O) groups excluding carboxylic acids is 1. The first-order valence-corrected chi connectivity index (χ1v) is 8.85. The molecular weight excluding hydrogens is 300 g/mol. The molecule has 24 heavy (non-hydrogen) atoms. The molecule has 3 nitrogen and oxygen atoms in total. The number of carbonyl (C=O) groups is 1. The van der Waals surface area contributed by atoms with Crippen molar-refractivity contribution in [1.82, 2.24) is 0 Å². The van der Waals surface area contributed by atoms with E-state index in [1.165, 1.54) is 12.7 Å². The predicted octanol–water partition coefficient (Wildman–Crippen LogP) is 5.43. The minimum absolute atomic E-state index is 0.119. The van der Waals surface area contributed by atoms with Gasteiger partial charge in [-0.3, -0.25) is 4.79 Å². The summed E-state index contributed by atoms with van der Waals surface area (Å²) in [5.41, 5.74) is 2.89. The standard InChI is InChI=1S/C21H34O3/c1-14(2)15-12-16(20(3,4)5)19(23)17(13-15)21(6,7)11-9-10-18(22)24-8/h12-14,23H,9-11H2,1-8H3. The van der Waals surface area contributed by atoms with Crippen LogP contribution < -0.4 is 0 Å². The molecule has 0 bridgehead atoms. The van der Waals surface area contributed by atoms with Crippen molar-refractivity contribution in [3.8, 4) is 5.75 Å². The fourth-order valence-corrected chi connectivity index (χ4v) is 2.99. The van der Waals surface area contributed by atoms with E-state index >= 15 is 0 Å². The number of hydrogen-bond donors (Lipinski definition) is 1. The SMILES string of the molecule is COC(=O)CCCC(C)(C)c1cc(C(C)C)cc(C(C)(C)C)c1O. The maximum Gasteiger partial charge on any atom is 0.305 e. The van der Waals surface area contributed by atoms with Gasteiger partial charge in [-0.25, -0.2) is 0 Å². The van der Waals surface area contributed by atoms with Crippen molar-refractivity contribution in [3.63, 3.8) is 0 Å². The number of rotatable bonds is 6. The van der Waals surface area contributed by atoms with Crippen molar-refractivity contribution < 1.29 is 14.6 Å². The second-order valence-electron chi connectivity index (χ2n) is 8.68. The van der Waals surface area contributed by atoms with Gasteiger partial charge in [0, 0.05) is 12.0 Å². The van der Waals surface area contributed by atoms with Gasteiger partial charge in [-0.15, -0.1) is 0 Å². The molecule has 0 radical (unpaired) electrons. The first-order chi connectivity index (χ1) is 10.9. The first-order valence-electron chi connectivity index (χ1n) is 8.85. The van der Waals surface area contributed by atoms with E-state index < -0.39 is 0 Å². The van der Waals surface area contributed by atoms with Gasteiger partial charge in [0.2, 0.25) is 0 Å². The van der Waals surface area contributed by atoms with Gasteiger partial charge in [0.05, 0.1) is 7.11 Å². The predicted molar refractivity (Wildman–Crippen MR) is 99.8 cm³/mol. The Hall–Kier alpha value is -1.51. The average molecular weight is 335 g/mol. The summed E-state index contributed by atoms with van der Waals surface area (Å²) in [5.74, 6) is 0.618. The molecule has 0 atom stereocenters. The number of aromatic hydroxyl groups is 1. The third kappa shape index (κ3) is 4.99. The molecule has 0 unspecified atom stereocenters. The monoisotopic (exact) mass is 334 g/mol. The summed E-state index contributed by atoms with van der Waals surface area (Å²) in [7, 11) is 1.42. The van der Waals surface area contributed by atoms with Crippen LogP contribution in [0.25, 0.3) is 0 Å². The number of hydrogen-bond acceptors (Lipinski definition) is 3. The van der Waals surface area contributed by atoms with Gasteiger partial charge >= 0.3 is 5.97 Å². The van der Waals surface area contributed by atoms with Gasteiger partial charge in [-0.05, 0) is 40.7 Å². The number of benzene rings is 1. The van der Waals surface area contributed by atoms with E-state index in [4.69, 9.17) is 4.74 Å². The molecule has 0 fully saturated rings. The Morgan fingerprint density at radius 2 is 1.67 bits per heavy atom. The molecule has 1 N–H and O–H groups in total. The summed E-state index contributed by atoms with van der Waals surface area (Å²) in [6.07, 6.45) is 1.98. The molecule has 1 aromatic rings. The van der Waals surface area contributed by atoms with Gasteiger partial charge in [-0.1, -0.05) is 60.6 Å². The lowest BCUT2D eigenvalue weighted by molar-refractivity contribution is -0.140. The minimum atomic E-state index is -0.205. The summed E-state index contributed by atoms with van der Waals surface area (Å²) < 4.78 is 4.72. The fraction of sp³-hybridized carbons (Fsp3) is 0.667. The third-order valence-electron chi connectivity index (χ3n) is 4.75. The van der Waals surface area contributed by atoms with E-state index in [9.17, 15) is 9.90 Å². The van der Waals surface area contributed by atoms with Crippen LogP contribution in [0.2, 0.25) is 0 Å². The van der Waals surface area contributed by atoms with Crippen LogP contribution in [0.5, 0.6) is 5.75 Å². The Morgan fingerprint density at radius 1 is 1.12 bits per heavy atom. The van der Waals surface area contributed by atoms with Crippen molar-refractivity contribution in [3.05, 3.63) is 28.8 Å². The van der Waals surface area contributed by atoms with Crippen LogP contribution in [0.15, 0.2) is 12.1 Å². The Bertz CT molecular complexity index is 577.